The van der Waals surface area contributed by atoms with Gasteiger partial charge >= 0.3 is 0 Å². The van der Waals surface area contributed by atoms with Crippen molar-refractivity contribution in [2.75, 3.05) is 6.54 Å². The number of hydrogen-bond acceptors (Lipinski definition) is 7. The molecule has 3 aromatic heterocycles. The monoisotopic (exact) mass is 353 g/mol. The first-order valence-corrected chi connectivity index (χ1v) is 9.11. The summed E-state index contributed by atoms with van der Waals surface area (Å²) >= 11 is 1.58. The van der Waals surface area contributed by atoms with Crippen molar-refractivity contribution < 1.29 is 5.11 Å². The van der Waals surface area contributed by atoms with Crippen LogP contribution in [0.2, 0.25) is 0 Å². The maximum absolute atomic E-state index is 9.63. The van der Waals surface area contributed by atoms with Gasteiger partial charge in [-0.1, -0.05) is 0 Å². The molecule has 1 N–H and O–H groups in total. The van der Waals surface area contributed by atoms with Crippen LogP contribution < -0.4 is 0 Å². The van der Waals surface area contributed by atoms with Crippen LogP contribution in [0.5, 0.6) is 0 Å². The van der Waals surface area contributed by atoms with E-state index in [0.717, 1.165) is 48.0 Å². The standard InChI is InChI=1S/C18H19N5OS/c1-12(24)18-20-9-15(25-18)11-23-7-4-16-14(10-23)8-17(22-21-16)13-2-5-19-6-3-13/h2-3,5-6,8-9,12,24H,4,7,10-11H2,1H3. The number of aliphatic hydroxyl groups is 1. The van der Waals surface area contributed by atoms with Crippen LogP contribution in [0.3, 0.4) is 0 Å². The lowest BCUT2D eigenvalue weighted by Gasteiger charge is -2.27. The lowest BCUT2D eigenvalue weighted by Crippen LogP contribution is -2.30. The fraction of sp³-hybridized carbons (Fsp3) is 0.333. The third-order valence-corrected chi connectivity index (χ3v) is 5.46. The van der Waals surface area contributed by atoms with E-state index in [0.29, 0.717) is 0 Å². The predicted octanol–water partition coefficient (Wildman–Crippen LogP) is 2.61. The quantitative estimate of drug-likeness (QED) is 0.777. The number of fused-ring (bicyclic) bond motifs is 1. The Bertz CT molecular complexity index is 865. The van der Waals surface area contributed by atoms with Crippen LogP contribution in [-0.2, 0) is 19.5 Å². The van der Waals surface area contributed by atoms with Crippen molar-refractivity contribution in [2.45, 2.75) is 32.5 Å². The molecule has 1 unspecified atom stereocenters. The number of hydrogen-bond donors (Lipinski definition) is 1. The fourth-order valence-electron chi connectivity index (χ4n) is 3.00. The highest BCUT2D eigenvalue weighted by Crippen LogP contribution is 2.25. The number of aliphatic hydroxyl groups excluding tert-OH is 1. The Labute approximate surface area is 150 Å². The summed E-state index contributed by atoms with van der Waals surface area (Å²) in [6, 6.07) is 6.04. The van der Waals surface area contributed by atoms with E-state index in [1.54, 1.807) is 30.7 Å². The van der Waals surface area contributed by atoms with Gasteiger partial charge in [0.2, 0.25) is 0 Å². The van der Waals surface area contributed by atoms with Crippen LogP contribution in [-0.4, -0.2) is 36.7 Å². The maximum atomic E-state index is 9.63. The number of aromatic nitrogens is 4. The lowest BCUT2D eigenvalue weighted by atomic mass is 10.0. The third-order valence-electron chi connectivity index (χ3n) is 4.30. The molecule has 0 fully saturated rings. The first kappa shape index (κ1) is 16.3. The van der Waals surface area contributed by atoms with E-state index >= 15 is 0 Å². The Morgan fingerprint density at radius 2 is 2.12 bits per heavy atom. The molecule has 7 heteroatoms. The molecule has 128 valence electrons. The highest BCUT2D eigenvalue weighted by molar-refractivity contribution is 7.11. The molecular weight excluding hydrogens is 334 g/mol. The van der Waals surface area contributed by atoms with E-state index in [4.69, 9.17) is 0 Å². The van der Waals surface area contributed by atoms with Gasteiger partial charge in [0, 0.05) is 55.1 Å². The normalized spacial score (nSPS) is 15.8. The van der Waals surface area contributed by atoms with E-state index in [9.17, 15) is 5.11 Å². The molecule has 25 heavy (non-hydrogen) atoms. The average Bonchev–Trinajstić information content (AvgIpc) is 3.11. The van der Waals surface area contributed by atoms with Crippen molar-refractivity contribution in [2.24, 2.45) is 0 Å². The summed E-state index contributed by atoms with van der Waals surface area (Å²) in [7, 11) is 0. The molecule has 0 radical (unpaired) electrons. The first-order valence-electron chi connectivity index (χ1n) is 8.30. The maximum Gasteiger partial charge on any atom is 0.121 e. The number of rotatable bonds is 4. The minimum Gasteiger partial charge on any atom is -0.386 e. The Balaban J connectivity index is 1.51. The first-order chi connectivity index (χ1) is 12.2. The minimum atomic E-state index is -0.501. The summed E-state index contributed by atoms with van der Waals surface area (Å²) in [6.45, 7) is 4.40. The lowest BCUT2D eigenvalue weighted by molar-refractivity contribution is 0.199. The number of thiazole rings is 1. The van der Waals surface area contributed by atoms with Gasteiger partial charge in [0.05, 0.1) is 11.4 Å². The Hall–Kier alpha value is -2.22. The second-order valence-electron chi connectivity index (χ2n) is 6.24. The second-order valence-corrected chi connectivity index (χ2v) is 7.39. The van der Waals surface area contributed by atoms with Gasteiger partial charge in [-0.05, 0) is 30.7 Å². The van der Waals surface area contributed by atoms with Crippen LogP contribution in [0.25, 0.3) is 11.3 Å². The van der Waals surface area contributed by atoms with Crippen LogP contribution in [0, 0.1) is 0 Å². The van der Waals surface area contributed by atoms with Gasteiger partial charge < -0.3 is 5.11 Å². The van der Waals surface area contributed by atoms with Gasteiger partial charge in [-0.15, -0.1) is 11.3 Å². The summed E-state index contributed by atoms with van der Waals surface area (Å²) in [5, 5.41) is 19.2. The van der Waals surface area contributed by atoms with E-state index in [-0.39, 0.29) is 0 Å². The molecule has 0 bridgehead atoms. The molecule has 4 heterocycles. The van der Waals surface area contributed by atoms with Crippen LogP contribution in [0.15, 0.2) is 36.8 Å². The molecular formula is C18H19N5OS. The van der Waals surface area contributed by atoms with Crippen LogP contribution >= 0.6 is 11.3 Å². The van der Waals surface area contributed by atoms with Crippen molar-refractivity contribution >= 4 is 11.3 Å². The van der Waals surface area contributed by atoms with Crippen molar-refractivity contribution in [3.63, 3.8) is 0 Å². The topological polar surface area (TPSA) is 75.0 Å². The molecule has 1 aliphatic rings. The molecule has 6 nitrogen and oxygen atoms in total. The Morgan fingerprint density at radius 3 is 2.88 bits per heavy atom. The van der Waals surface area contributed by atoms with E-state index in [1.165, 1.54) is 10.4 Å². The highest BCUT2D eigenvalue weighted by atomic mass is 32.1. The molecule has 4 rings (SSSR count). The SMILES string of the molecule is CC(O)c1ncc(CN2CCc3nnc(-c4ccncc4)cc3C2)s1. The largest absolute Gasteiger partial charge is 0.386 e. The van der Waals surface area contributed by atoms with E-state index < -0.39 is 6.10 Å². The Kier molecular flexibility index (Phi) is 4.52. The van der Waals surface area contributed by atoms with Gasteiger partial charge in [0.1, 0.15) is 11.1 Å². The molecule has 0 saturated heterocycles. The molecule has 0 aromatic carbocycles. The molecule has 0 aliphatic carbocycles. The van der Waals surface area contributed by atoms with Gasteiger partial charge in [0.15, 0.2) is 0 Å². The average molecular weight is 353 g/mol. The fourth-order valence-corrected chi connectivity index (χ4v) is 3.89. The molecule has 0 spiro atoms. The van der Waals surface area contributed by atoms with Crippen molar-refractivity contribution in [1.29, 1.82) is 0 Å². The third kappa shape index (κ3) is 3.58. The number of nitrogens with zero attached hydrogens (tertiary/aromatic N) is 5. The summed E-state index contributed by atoms with van der Waals surface area (Å²) in [5.74, 6) is 0. The summed E-state index contributed by atoms with van der Waals surface area (Å²) in [6.07, 6.45) is 5.81. The molecule has 0 saturated carbocycles. The van der Waals surface area contributed by atoms with Gasteiger partial charge in [-0.3, -0.25) is 9.88 Å². The van der Waals surface area contributed by atoms with Crippen molar-refractivity contribution in [3.8, 4) is 11.3 Å². The van der Waals surface area contributed by atoms with Crippen molar-refractivity contribution in [3.05, 3.63) is 57.9 Å². The summed E-state index contributed by atoms with van der Waals surface area (Å²) in [5.41, 5.74) is 4.24. The zero-order valence-corrected chi connectivity index (χ0v) is 14.8. The van der Waals surface area contributed by atoms with Crippen LogP contribution in [0.1, 0.15) is 34.2 Å². The van der Waals surface area contributed by atoms with Gasteiger partial charge in [0.25, 0.3) is 0 Å². The van der Waals surface area contributed by atoms with Crippen LogP contribution in [0.4, 0.5) is 0 Å². The van der Waals surface area contributed by atoms with E-state index in [1.807, 2.05) is 18.3 Å². The molecule has 1 aliphatic heterocycles. The zero-order chi connectivity index (χ0) is 17.2. The Morgan fingerprint density at radius 1 is 1.28 bits per heavy atom. The molecule has 1 atom stereocenters. The van der Waals surface area contributed by atoms with Gasteiger partial charge in [-0.2, -0.15) is 10.2 Å². The molecule has 0 amide bonds. The minimum absolute atomic E-state index is 0.501. The summed E-state index contributed by atoms with van der Waals surface area (Å²) in [4.78, 5) is 11.9. The molecule has 3 aromatic rings. The highest BCUT2D eigenvalue weighted by Gasteiger charge is 2.20. The smallest absolute Gasteiger partial charge is 0.121 e. The van der Waals surface area contributed by atoms with Crippen molar-refractivity contribution in [1.82, 2.24) is 25.1 Å². The summed E-state index contributed by atoms with van der Waals surface area (Å²) < 4.78 is 0. The second kappa shape index (κ2) is 6.95. The van der Waals surface area contributed by atoms with Gasteiger partial charge in [-0.25, -0.2) is 4.98 Å². The zero-order valence-electron chi connectivity index (χ0n) is 14.0. The van der Waals surface area contributed by atoms with E-state index in [2.05, 4.69) is 31.1 Å². The number of pyridine rings is 1. The predicted molar refractivity (Wildman–Crippen MR) is 95.8 cm³/mol.